The summed E-state index contributed by atoms with van der Waals surface area (Å²) in [5.41, 5.74) is 4.49. The number of amides is 1. The van der Waals surface area contributed by atoms with E-state index in [0.717, 1.165) is 38.3 Å². The summed E-state index contributed by atoms with van der Waals surface area (Å²) in [6.07, 6.45) is 1.63. The average molecular weight is 376 g/mol. The third kappa shape index (κ3) is 5.36. The van der Waals surface area contributed by atoms with Crippen LogP contribution in [0.1, 0.15) is 43.9 Å². The molecule has 1 saturated heterocycles. The van der Waals surface area contributed by atoms with E-state index in [1.807, 2.05) is 25.7 Å². The second-order valence-corrected chi connectivity index (χ2v) is 8.88. The molecule has 0 aliphatic carbocycles. The molecule has 150 valence electrons. The molecule has 2 aliphatic heterocycles. The van der Waals surface area contributed by atoms with Gasteiger partial charge in [-0.25, -0.2) is 4.79 Å². The van der Waals surface area contributed by atoms with Crippen LogP contribution in [0.5, 0.6) is 0 Å². The number of rotatable bonds is 4. The summed E-state index contributed by atoms with van der Waals surface area (Å²) < 4.78 is 11.1. The van der Waals surface area contributed by atoms with Crippen LogP contribution in [0.3, 0.4) is 0 Å². The molecule has 1 atom stereocenters. The van der Waals surface area contributed by atoms with Gasteiger partial charge in [0.25, 0.3) is 0 Å². The maximum absolute atomic E-state index is 12.5. The number of benzene rings is 1. The number of carbonyl (C=O) groups excluding carboxylic acids is 1. The number of carbonyl (C=O) groups is 1. The zero-order chi connectivity index (χ0) is 19.6. The van der Waals surface area contributed by atoms with Gasteiger partial charge in [-0.3, -0.25) is 0 Å². The molecule has 6 nitrogen and oxygen atoms in total. The van der Waals surface area contributed by atoms with Crippen LogP contribution in [0, 0.1) is 0 Å². The number of anilines is 1. The van der Waals surface area contributed by atoms with E-state index in [-0.39, 0.29) is 6.09 Å². The van der Waals surface area contributed by atoms with Gasteiger partial charge in [0.05, 0.1) is 19.2 Å². The minimum Gasteiger partial charge on any atom is -0.444 e. The van der Waals surface area contributed by atoms with Crippen LogP contribution >= 0.6 is 0 Å². The number of hydrogen-bond acceptors (Lipinski definition) is 5. The molecule has 2 aliphatic rings. The average Bonchev–Trinajstić information content (AvgIpc) is 3.05. The van der Waals surface area contributed by atoms with Crippen LogP contribution in [0.25, 0.3) is 0 Å². The van der Waals surface area contributed by atoms with Gasteiger partial charge in [0, 0.05) is 25.4 Å². The van der Waals surface area contributed by atoms with Crippen molar-refractivity contribution in [1.29, 1.82) is 0 Å². The molecule has 1 amide bonds. The van der Waals surface area contributed by atoms with E-state index in [1.165, 1.54) is 16.7 Å². The highest BCUT2D eigenvalue weighted by Crippen LogP contribution is 2.31. The van der Waals surface area contributed by atoms with Gasteiger partial charge in [0.2, 0.25) is 0 Å². The molecule has 1 fully saturated rings. The molecule has 1 N–H and O–H groups in total. The molecule has 0 bridgehead atoms. The van der Waals surface area contributed by atoms with E-state index in [0.29, 0.717) is 19.1 Å². The standard InChI is InChI=1S/C21H33N3O3/c1-21(2,3)27-20(25)24-8-6-16-10-15(12-23(4)5)11-19(18(16)13-24)22-17-7-9-26-14-17/h10-11,17,22H,6-9,12-14H2,1-5H3/t17-/m0/s1. The summed E-state index contributed by atoms with van der Waals surface area (Å²) >= 11 is 0. The van der Waals surface area contributed by atoms with Crippen LogP contribution < -0.4 is 5.32 Å². The summed E-state index contributed by atoms with van der Waals surface area (Å²) in [7, 11) is 4.17. The molecule has 0 radical (unpaired) electrons. The van der Waals surface area contributed by atoms with Crippen molar-refractivity contribution in [2.45, 2.75) is 58.3 Å². The predicted octanol–water partition coefficient (Wildman–Crippen LogP) is 3.24. The fourth-order valence-corrected chi connectivity index (χ4v) is 3.67. The van der Waals surface area contributed by atoms with Gasteiger partial charge in [0.1, 0.15) is 5.60 Å². The summed E-state index contributed by atoms with van der Waals surface area (Å²) in [6.45, 7) is 9.44. The summed E-state index contributed by atoms with van der Waals surface area (Å²) in [5, 5.41) is 3.67. The first kappa shape index (κ1) is 20.0. The third-order valence-electron chi connectivity index (χ3n) is 4.84. The Morgan fingerprint density at radius 2 is 2.15 bits per heavy atom. The highest BCUT2D eigenvalue weighted by molar-refractivity contribution is 5.70. The summed E-state index contributed by atoms with van der Waals surface area (Å²) in [5.74, 6) is 0. The van der Waals surface area contributed by atoms with Gasteiger partial charge in [-0.15, -0.1) is 0 Å². The number of fused-ring (bicyclic) bond motifs is 1. The van der Waals surface area contributed by atoms with E-state index < -0.39 is 5.60 Å². The van der Waals surface area contributed by atoms with E-state index in [2.05, 4.69) is 36.4 Å². The van der Waals surface area contributed by atoms with Gasteiger partial charge in [0.15, 0.2) is 0 Å². The number of ether oxygens (including phenoxy) is 2. The Kier molecular flexibility index (Phi) is 5.96. The van der Waals surface area contributed by atoms with Crippen molar-refractivity contribution in [1.82, 2.24) is 9.80 Å². The molecule has 1 aromatic carbocycles. The van der Waals surface area contributed by atoms with Crippen LogP contribution in [0.2, 0.25) is 0 Å². The molecule has 1 aromatic rings. The first-order chi connectivity index (χ1) is 12.7. The largest absolute Gasteiger partial charge is 0.444 e. The highest BCUT2D eigenvalue weighted by Gasteiger charge is 2.28. The smallest absolute Gasteiger partial charge is 0.410 e. The van der Waals surface area contributed by atoms with Gasteiger partial charge in [-0.2, -0.15) is 0 Å². The Morgan fingerprint density at radius 1 is 1.37 bits per heavy atom. The van der Waals surface area contributed by atoms with Crippen LogP contribution in [-0.2, 0) is 29.0 Å². The molecular formula is C21H33N3O3. The second-order valence-electron chi connectivity index (χ2n) is 8.88. The Hall–Kier alpha value is -1.79. The summed E-state index contributed by atoms with van der Waals surface area (Å²) in [6, 6.07) is 4.86. The Balaban J connectivity index is 1.84. The fourth-order valence-electron chi connectivity index (χ4n) is 3.67. The maximum atomic E-state index is 12.5. The van der Waals surface area contributed by atoms with Crippen molar-refractivity contribution in [3.05, 3.63) is 28.8 Å². The van der Waals surface area contributed by atoms with Gasteiger partial charge in [-0.05, 0) is 70.5 Å². The van der Waals surface area contributed by atoms with Gasteiger partial charge >= 0.3 is 6.09 Å². The van der Waals surface area contributed by atoms with Crippen molar-refractivity contribution >= 4 is 11.8 Å². The lowest BCUT2D eigenvalue weighted by Gasteiger charge is -2.33. The second kappa shape index (κ2) is 8.07. The summed E-state index contributed by atoms with van der Waals surface area (Å²) in [4.78, 5) is 16.5. The lowest BCUT2D eigenvalue weighted by molar-refractivity contribution is 0.0224. The van der Waals surface area contributed by atoms with Gasteiger partial charge < -0.3 is 24.6 Å². The molecule has 0 saturated carbocycles. The molecule has 6 heteroatoms. The molecule has 2 heterocycles. The normalized spacial score (nSPS) is 19.9. The monoisotopic (exact) mass is 375 g/mol. The van der Waals surface area contributed by atoms with E-state index >= 15 is 0 Å². The van der Waals surface area contributed by atoms with Gasteiger partial charge in [-0.1, -0.05) is 6.07 Å². The quantitative estimate of drug-likeness (QED) is 0.876. The van der Waals surface area contributed by atoms with Crippen molar-refractivity contribution in [3.8, 4) is 0 Å². The SMILES string of the molecule is CN(C)Cc1cc2c(c(N[C@H]3CCOC3)c1)CN(C(=O)OC(C)(C)C)CC2. The van der Waals surface area contributed by atoms with Crippen LogP contribution in [0.15, 0.2) is 12.1 Å². The maximum Gasteiger partial charge on any atom is 0.410 e. The minimum absolute atomic E-state index is 0.235. The number of hydrogen-bond donors (Lipinski definition) is 1. The minimum atomic E-state index is -0.477. The molecule has 0 aromatic heterocycles. The first-order valence-corrected chi connectivity index (χ1v) is 9.83. The Morgan fingerprint density at radius 3 is 2.78 bits per heavy atom. The Labute approximate surface area is 162 Å². The zero-order valence-corrected chi connectivity index (χ0v) is 17.3. The van der Waals surface area contributed by atoms with Crippen molar-refractivity contribution in [3.63, 3.8) is 0 Å². The molecular weight excluding hydrogens is 342 g/mol. The Bertz CT molecular complexity index is 676. The van der Waals surface area contributed by atoms with Crippen molar-refractivity contribution < 1.29 is 14.3 Å². The van der Waals surface area contributed by atoms with Crippen LogP contribution in [-0.4, -0.2) is 61.4 Å². The van der Waals surface area contributed by atoms with E-state index in [1.54, 1.807) is 0 Å². The van der Waals surface area contributed by atoms with Crippen molar-refractivity contribution in [2.75, 3.05) is 39.2 Å². The zero-order valence-electron chi connectivity index (χ0n) is 17.3. The van der Waals surface area contributed by atoms with E-state index in [9.17, 15) is 4.79 Å². The fraction of sp³-hybridized carbons (Fsp3) is 0.667. The number of nitrogens with one attached hydrogen (secondary N) is 1. The third-order valence-corrected chi connectivity index (χ3v) is 4.84. The topological polar surface area (TPSA) is 54.0 Å². The first-order valence-electron chi connectivity index (χ1n) is 9.83. The predicted molar refractivity (Wildman–Crippen MR) is 107 cm³/mol. The molecule has 0 spiro atoms. The van der Waals surface area contributed by atoms with Crippen molar-refractivity contribution in [2.24, 2.45) is 0 Å². The number of nitrogens with zero attached hydrogens (tertiary/aromatic N) is 2. The molecule has 0 unspecified atom stereocenters. The van der Waals surface area contributed by atoms with E-state index in [4.69, 9.17) is 9.47 Å². The lowest BCUT2D eigenvalue weighted by Crippen LogP contribution is -2.40. The molecule has 27 heavy (non-hydrogen) atoms. The highest BCUT2D eigenvalue weighted by atomic mass is 16.6. The van der Waals surface area contributed by atoms with Crippen LogP contribution in [0.4, 0.5) is 10.5 Å². The lowest BCUT2D eigenvalue weighted by atomic mass is 9.94. The molecule has 3 rings (SSSR count).